The number of halogens is 5. The van der Waals surface area contributed by atoms with Crippen LogP contribution in [0.2, 0.25) is 0 Å². The molecule has 160 valence electrons. The highest BCUT2D eigenvalue weighted by molar-refractivity contribution is 6.01. The topological polar surface area (TPSA) is 78.9 Å². The van der Waals surface area contributed by atoms with Gasteiger partial charge in [0.15, 0.2) is 0 Å². The van der Waals surface area contributed by atoms with Crippen LogP contribution in [-0.2, 0) is 22.3 Å². The standard InChI is InChI=1S/C19H15F5N2O4/c20-13-1-3-15(4-2-13)26-6-5-18(29,16(26)27)30-17(28)25-10-11-7-12(19(22,23)24)9-14(21)8-11/h1-4,7-9,29H,5-6,10H2,(H,25,28). The Hall–Kier alpha value is -3.21. The second kappa shape index (κ2) is 7.90. The first-order chi connectivity index (χ1) is 14.0. The lowest BCUT2D eigenvalue weighted by Crippen LogP contribution is -2.46. The highest BCUT2D eigenvalue weighted by atomic mass is 19.4. The minimum Gasteiger partial charge on any atom is -0.407 e. The van der Waals surface area contributed by atoms with Crippen LogP contribution in [0.5, 0.6) is 0 Å². The lowest BCUT2D eigenvalue weighted by atomic mass is 10.1. The monoisotopic (exact) mass is 430 g/mol. The number of aliphatic hydroxyl groups is 1. The first-order valence-corrected chi connectivity index (χ1v) is 8.61. The van der Waals surface area contributed by atoms with Gasteiger partial charge >= 0.3 is 12.3 Å². The Kier molecular flexibility index (Phi) is 5.66. The largest absolute Gasteiger partial charge is 0.416 e. The second-order valence-corrected chi connectivity index (χ2v) is 6.56. The quantitative estimate of drug-likeness (QED) is 0.576. The third-order valence-electron chi connectivity index (χ3n) is 4.38. The molecule has 2 aromatic rings. The van der Waals surface area contributed by atoms with Crippen LogP contribution < -0.4 is 10.2 Å². The zero-order valence-electron chi connectivity index (χ0n) is 15.2. The van der Waals surface area contributed by atoms with Crippen molar-refractivity contribution in [3.63, 3.8) is 0 Å². The number of nitrogens with zero attached hydrogens (tertiary/aromatic N) is 1. The van der Waals surface area contributed by atoms with Crippen molar-refractivity contribution in [2.45, 2.75) is 24.9 Å². The summed E-state index contributed by atoms with van der Waals surface area (Å²) < 4.78 is 69.4. The van der Waals surface area contributed by atoms with Crippen LogP contribution in [0.1, 0.15) is 17.5 Å². The number of rotatable bonds is 4. The zero-order valence-corrected chi connectivity index (χ0v) is 15.2. The molecule has 1 saturated heterocycles. The molecule has 1 fully saturated rings. The Morgan fingerprint density at radius 3 is 2.43 bits per heavy atom. The molecular formula is C19H15F5N2O4. The maximum atomic E-state index is 13.4. The highest BCUT2D eigenvalue weighted by Gasteiger charge is 2.49. The molecule has 6 nitrogen and oxygen atoms in total. The van der Waals surface area contributed by atoms with Crippen molar-refractivity contribution in [2.24, 2.45) is 0 Å². The molecular weight excluding hydrogens is 415 g/mol. The molecule has 0 aromatic heterocycles. The van der Waals surface area contributed by atoms with E-state index in [9.17, 15) is 36.6 Å². The highest BCUT2D eigenvalue weighted by Crippen LogP contribution is 2.31. The van der Waals surface area contributed by atoms with E-state index >= 15 is 0 Å². The summed E-state index contributed by atoms with van der Waals surface area (Å²) in [7, 11) is 0. The van der Waals surface area contributed by atoms with Gasteiger partial charge in [0.05, 0.1) is 5.56 Å². The van der Waals surface area contributed by atoms with Crippen LogP contribution >= 0.6 is 0 Å². The van der Waals surface area contributed by atoms with E-state index in [2.05, 4.69) is 5.32 Å². The average molecular weight is 430 g/mol. The predicted octanol–water partition coefficient (Wildman–Crippen LogP) is 3.34. The molecule has 1 unspecified atom stereocenters. The SMILES string of the molecule is O=C(NCc1cc(F)cc(C(F)(F)F)c1)OC1(O)CCN(c2ccc(F)cc2)C1=O. The van der Waals surface area contributed by atoms with E-state index in [0.717, 1.165) is 23.1 Å². The van der Waals surface area contributed by atoms with Gasteiger partial charge in [-0.15, -0.1) is 0 Å². The number of alkyl carbamates (subject to hydrolysis) is 1. The number of anilines is 1. The van der Waals surface area contributed by atoms with Gasteiger partial charge in [0.1, 0.15) is 11.6 Å². The minimum atomic E-state index is -4.77. The van der Waals surface area contributed by atoms with Crippen LogP contribution in [-0.4, -0.2) is 29.4 Å². The van der Waals surface area contributed by atoms with Gasteiger partial charge in [-0.25, -0.2) is 13.6 Å². The molecule has 0 spiro atoms. The maximum absolute atomic E-state index is 13.4. The van der Waals surface area contributed by atoms with Crippen molar-refractivity contribution in [2.75, 3.05) is 11.4 Å². The van der Waals surface area contributed by atoms with Crippen LogP contribution in [0.3, 0.4) is 0 Å². The number of carbonyl (C=O) groups is 2. The molecule has 1 aliphatic heterocycles. The van der Waals surface area contributed by atoms with E-state index in [1.54, 1.807) is 0 Å². The molecule has 0 saturated carbocycles. The number of benzene rings is 2. The second-order valence-electron chi connectivity index (χ2n) is 6.56. The Bertz CT molecular complexity index is 964. The molecule has 11 heteroatoms. The van der Waals surface area contributed by atoms with Crippen molar-refractivity contribution in [1.82, 2.24) is 5.32 Å². The third-order valence-corrected chi connectivity index (χ3v) is 4.38. The smallest absolute Gasteiger partial charge is 0.407 e. The van der Waals surface area contributed by atoms with Crippen molar-refractivity contribution in [3.05, 3.63) is 65.2 Å². The average Bonchev–Trinajstić information content (AvgIpc) is 2.94. The van der Waals surface area contributed by atoms with Crippen molar-refractivity contribution >= 4 is 17.7 Å². The third kappa shape index (κ3) is 4.67. The summed E-state index contributed by atoms with van der Waals surface area (Å²) in [5, 5.41) is 12.4. The number of amides is 2. The molecule has 0 aliphatic carbocycles. The number of alkyl halides is 3. The first-order valence-electron chi connectivity index (χ1n) is 8.61. The van der Waals surface area contributed by atoms with Gasteiger partial charge in [0.25, 0.3) is 11.7 Å². The summed E-state index contributed by atoms with van der Waals surface area (Å²) in [4.78, 5) is 25.5. The molecule has 3 rings (SSSR count). The Morgan fingerprint density at radius 1 is 1.13 bits per heavy atom. The van der Waals surface area contributed by atoms with E-state index in [0.29, 0.717) is 12.1 Å². The number of carbonyl (C=O) groups excluding carboxylic acids is 2. The fraction of sp³-hybridized carbons (Fsp3) is 0.263. The van der Waals surface area contributed by atoms with E-state index in [1.807, 2.05) is 0 Å². The van der Waals surface area contributed by atoms with Crippen molar-refractivity contribution < 1.29 is 41.4 Å². The van der Waals surface area contributed by atoms with Gasteiger partial charge < -0.3 is 20.1 Å². The van der Waals surface area contributed by atoms with Crippen molar-refractivity contribution in [1.29, 1.82) is 0 Å². The Labute approximate surface area is 166 Å². The summed E-state index contributed by atoms with van der Waals surface area (Å²) in [6, 6.07) is 6.59. The summed E-state index contributed by atoms with van der Waals surface area (Å²) in [5.41, 5.74) is -1.15. The van der Waals surface area contributed by atoms with E-state index in [1.165, 1.54) is 12.1 Å². The van der Waals surface area contributed by atoms with Gasteiger partial charge in [-0.1, -0.05) is 0 Å². The first kappa shape index (κ1) is 21.5. The van der Waals surface area contributed by atoms with Gasteiger partial charge in [0.2, 0.25) is 0 Å². The fourth-order valence-corrected chi connectivity index (χ4v) is 2.92. The molecule has 2 aromatic carbocycles. The summed E-state index contributed by atoms with van der Waals surface area (Å²) in [6.07, 6.45) is -6.34. The fourth-order valence-electron chi connectivity index (χ4n) is 2.92. The molecule has 2 N–H and O–H groups in total. The van der Waals surface area contributed by atoms with Crippen LogP contribution in [0, 0.1) is 11.6 Å². The Morgan fingerprint density at radius 2 is 1.80 bits per heavy atom. The number of hydrogen-bond donors (Lipinski definition) is 2. The van der Waals surface area contributed by atoms with Gasteiger partial charge in [-0.2, -0.15) is 13.2 Å². The van der Waals surface area contributed by atoms with E-state index in [4.69, 9.17) is 4.74 Å². The normalized spacial score (nSPS) is 19.1. The minimum absolute atomic E-state index is 0.0207. The molecule has 0 bridgehead atoms. The molecule has 1 heterocycles. The summed E-state index contributed by atoms with van der Waals surface area (Å²) in [5.74, 6) is -5.14. The Balaban J connectivity index is 1.63. The molecule has 1 aliphatic rings. The maximum Gasteiger partial charge on any atom is 0.416 e. The lowest BCUT2D eigenvalue weighted by Gasteiger charge is -2.22. The lowest BCUT2D eigenvalue weighted by molar-refractivity contribution is -0.175. The van der Waals surface area contributed by atoms with Crippen LogP contribution in [0.15, 0.2) is 42.5 Å². The molecule has 0 radical (unpaired) electrons. The van der Waals surface area contributed by atoms with E-state index < -0.39 is 47.7 Å². The zero-order chi connectivity index (χ0) is 22.1. The number of nitrogens with one attached hydrogen (secondary N) is 1. The molecule has 1 atom stereocenters. The van der Waals surface area contributed by atoms with Gasteiger partial charge in [-0.3, -0.25) is 4.79 Å². The van der Waals surface area contributed by atoms with Crippen LogP contribution in [0.25, 0.3) is 0 Å². The molecule has 2 amide bonds. The number of hydrogen-bond acceptors (Lipinski definition) is 4. The molecule has 30 heavy (non-hydrogen) atoms. The summed E-state index contributed by atoms with van der Waals surface area (Å²) >= 11 is 0. The van der Waals surface area contributed by atoms with Crippen LogP contribution in [0.4, 0.5) is 32.4 Å². The van der Waals surface area contributed by atoms with Gasteiger partial charge in [-0.05, 0) is 48.0 Å². The van der Waals surface area contributed by atoms with Gasteiger partial charge in [0, 0.05) is 25.2 Å². The summed E-state index contributed by atoms with van der Waals surface area (Å²) in [6.45, 7) is -0.557. The van der Waals surface area contributed by atoms with E-state index in [-0.39, 0.29) is 24.2 Å². The number of ether oxygens (including phenoxy) is 1. The van der Waals surface area contributed by atoms with Crippen molar-refractivity contribution in [3.8, 4) is 0 Å². The predicted molar refractivity (Wildman–Crippen MR) is 93.0 cm³/mol.